The molecule has 0 aliphatic carbocycles. The van der Waals surface area contributed by atoms with Crippen molar-refractivity contribution in [3.8, 4) is 0 Å². The van der Waals surface area contributed by atoms with E-state index in [4.69, 9.17) is 11.6 Å². The summed E-state index contributed by atoms with van der Waals surface area (Å²) in [6.45, 7) is 2.17. The fourth-order valence-electron chi connectivity index (χ4n) is 1.98. The van der Waals surface area contributed by atoms with Crippen molar-refractivity contribution < 1.29 is 13.9 Å². The van der Waals surface area contributed by atoms with Crippen LogP contribution in [0.2, 0.25) is 5.02 Å². The van der Waals surface area contributed by atoms with Crippen molar-refractivity contribution >= 4 is 23.3 Å². The monoisotopic (exact) mass is 307 g/mol. The maximum atomic E-state index is 13.6. The Morgan fingerprint density at radius 2 is 2.05 bits per heavy atom. The van der Waals surface area contributed by atoms with E-state index in [9.17, 15) is 9.18 Å². The summed E-state index contributed by atoms with van der Waals surface area (Å²) in [5.41, 5.74) is 2.66. The summed E-state index contributed by atoms with van der Waals surface area (Å²) in [5, 5.41) is 3.62. The topological polar surface area (TPSA) is 38.3 Å². The van der Waals surface area contributed by atoms with Gasteiger partial charge in [0.15, 0.2) is 0 Å². The number of carbonyl (C=O) groups is 1. The van der Waals surface area contributed by atoms with Gasteiger partial charge in [0.25, 0.3) is 0 Å². The Morgan fingerprint density at radius 3 is 2.71 bits per heavy atom. The van der Waals surface area contributed by atoms with E-state index in [-0.39, 0.29) is 11.8 Å². The smallest absolute Gasteiger partial charge is 0.337 e. The van der Waals surface area contributed by atoms with Gasteiger partial charge in [-0.25, -0.2) is 9.18 Å². The van der Waals surface area contributed by atoms with Gasteiger partial charge in [-0.15, -0.1) is 0 Å². The summed E-state index contributed by atoms with van der Waals surface area (Å²) in [5.74, 6) is -0.693. The van der Waals surface area contributed by atoms with E-state index in [0.717, 1.165) is 11.3 Å². The predicted molar refractivity (Wildman–Crippen MR) is 81.3 cm³/mol. The number of hydrogen-bond acceptors (Lipinski definition) is 3. The molecule has 0 unspecified atom stereocenters. The molecule has 2 rings (SSSR count). The lowest BCUT2D eigenvalue weighted by Crippen LogP contribution is -2.05. The molecule has 0 saturated heterocycles. The number of ether oxygens (including phenoxy) is 1. The summed E-state index contributed by atoms with van der Waals surface area (Å²) < 4.78 is 18.3. The van der Waals surface area contributed by atoms with Gasteiger partial charge in [0, 0.05) is 22.8 Å². The van der Waals surface area contributed by atoms with Gasteiger partial charge in [0.1, 0.15) is 5.82 Å². The molecule has 0 spiro atoms. The van der Waals surface area contributed by atoms with Gasteiger partial charge in [-0.1, -0.05) is 11.6 Å². The third-order valence-corrected chi connectivity index (χ3v) is 3.36. The molecule has 3 nitrogen and oxygen atoms in total. The second kappa shape index (κ2) is 6.59. The molecule has 2 aromatic rings. The van der Waals surface area contributed by atoms with Crippen LogP contribution >= 0.6 is 11.6 Å². The zero-order valence-corrected chi connectivity index (χ0v) is 12.5. The highest BCUT2D eigenvalue weighted by Gasteiger charge is 2.08. The lowest BCUT2D eigenvalue weighted by molar-refractivity contribution is 0.0600. The average Bonchev–Trinajstić information content (AvgIpc) is 2.48. The number of esters is 1. The normalized spacial score (nSPS) is 10.3. The van der Waals surface area contributed by atoms with Crippen LogP contribution in [0.3, 0.4) is 0 Å². The molecular formula is C16H15ClFNO2. The molecule has 0 radical (unpaired) electrons. The third-order valence-electron chi connectivity index (χ3n) is 3.12. The van der Waals surface area contributed by atoms with Crippen molar-refractivity contribution in [1.29, 1.82) is 0 Å². The van der Waals surface area contributed by atoms with E-state index in [0.29, 0.717) is 22.7 Å². The van der Waals surface area contributed by atoms with Crippen LogP contribution in [0.4, 0.5) is 10.1 Å². The molecule has 0 aliphatic heterocycles. The Balaban J connectivity index is 2.13. The SMILES string of the molecule is COC(=O)c1ccc(NCc2cc(Cl)ccc2F)c(C)c1. The summed E-state index contributed by atoms with van der Waals surface area (Å²) >= 11 is 5.86. The van der Waals surface area contributed by atoms with Gasteiger partial charge in [0.05, 0.1) is 12.7 Å². The standard InChI is InChI=1S/C16H15ClFNO2/c1-10-7-11(16(20)21-2)3-6-15(10)19-9-12-8-13(17)4-5-14(12)18/h3-8,19H,9H2,1-2H3. The lowest BCUT2D eigenvalue weighted by atomic mass is 10.1. The molecule has 1 N–H and O–H groups in total. The minimum absolute atomic E-state index is 0.310. The van der Waals surface area contributed by atoms with Crippen LogP contribution in [0.1, 0.15) is 21.5 Å². The second-order valence-corrected chi connectivity index (χ2v) is 5.05. The van der Waals surface area contributed by atoms with Crippen LogP contribution < -0.4 is 5.32 Å². The minimum atomic E-state index is -0.384. The zero-order chi connectivity index (χ0) is 15.4. The fraction of sp³-hybridized carbons (Fsp3) is 0.188. The van der Waals surface area contributed by atoms with Gasteiger partial charge in [-0.2, -0.15) is 0 Å². The molecule has 0 aromatic heterocycles. The number of rotatable bonds is 4. The summed E-state index contributed by atoms with van der Waals surface area (Å²) in [6, 6.07) is 9.59. The van der Waals surface area contributed by atoms with E-state index in [2.05, 4.69) is 10.1 Å². The van der Waals surface area contributed by atoms with Crippen LogP contribution in [0.5, 0.6) is 0 Å². The first kappa shape index (κ1) is 15.3. The number of nitrogens with one attached hydrogen (secondary N) is 1. The van der Waals surface area contributed by atoms with Gasteiger partial charge in [-0.05, 0) is 48.9 Å². The summed E-state index contributed by atoms with van der Waals surface area (Å²) in [6.07, 6.45) is 0. The Morgan fingerprint density at radius 1 is 1.29 bits per heavy atom. The molecular weight excluding hydrogens is 293 g/mol. The molecule has 21 heavy (non-hydrogen) atoms. The maximum absolute atomic E-state index is 13.6. The number of anilines is 1. The first-order chi connectivity index (χ1) is 10.0. The molecule has 2 aromatic carbocycles. The predicted octanol–water partition coefficient (Wildman–Crippen LogP) is 4.19. The van der Waals surface area contributed by atoms with Gasteiger partial charge in [0.2, 0.25) is 0 Å². The van der Waals surface area contributed by atoms with Crippen molar-refractivity contribution in [1.82, 2.24) is 0 Å². The largest absolute Gasteiger partial charge is 0.465 e. The maximum Gasteiger partial charge on any atom is 0.337 e. The first-order valence-electron chi connectivity index (χ1n) is 6.38. The van der Waals surface area contributed by atoms with E-state index in [1.165, 1.54) is 19.2 Å². The van der Waals surface area contributed by atoms with Crippen LogP contribution in [0.25, 0.3) is 0 Å². The van der Waals surface area contributed by atoms with Crippen molar-refractivity contribution in [2.75, 3.05) is 12.4 Å². The first-order valence-corrected chi connectivity index (χ1v) is 6.76. The number of halogens is 2. The highest BCUT2D eigenvalue weighted by Crippen LogP contribution is 2.20. The molecule has 0 saturated carbocycles. The number of aryl methyl sites for hydroxylation is 1. The van der Waals surface area contributed by atoms with Gasteiger partial charge >= 0.3 is 5.97 Å². The Kier molecular flexibility index (Phi) is 4.81. The van der Waals surface area contributed by atoms with Crippen LogP contribution in [-0.2, 0) is 11.3 Å². The van der Waals surface area contributed by atoms with E-state index in [1.54, 1.807) is 24.3 Å². The molecule has 0 aliphatic rings. The number of hydrogen-bond donors (Lipinski definition) is 1. The van der Waals surface area contributed by atoms with Crippen LogP contribution in [0.15, 0.2) is 36.4 Å². The zero-order valence-electron chi connectivity index (χ0n) is 11.7. The second-order valence-electron chi connectivity index (χ2n) is 4.61. The van der Waals surface area contributed by atoms with Crippen molar-refractivity contribution in [3.63, 3.8) is 0 Å². The van der Waals surface area contributed by atoms with Gasteiger partial charge < -0.3 is 10.1 Å². The molecule has 110 valence electrons. The van der Waals surface area contributed by atoms with E-state index < -0.39 is 0 Å². The molecule has 0 amide bonds. The summed E-state index contributed by atoms with van der Waals surface area (Å²) in [4.78, 5) is 11.4. The average molecular weight is 308 g/mol. The van der Waals surface area contributed by atoms with Crippen molar-refractivity contribution in [2.45, 2.75) is 13.5 Å². The quantitative estimate of drug-likeness (QED) is 0.861. The molecule has 0 heterocycles. The lowest BCUT2D eigenvalue weighted by Gasteiger charge is -2.11. The number of methoxy groups -OCH3 is 1. The van der Waals surface area contributed by atoms with E-state index >= 15 is 0 Å². The molecule has 0 fully saturated rings. The fourth-order valence-corrected chi connectivity index (χ4v) is 2.17. The summed E-state index contributed by atoms with van der Waals surface area (Å²) in [7, 11) is 1.34. The number of benzene rings is 2. The third kappa shape index (κ3) is 3.73. The van der Waals surface area contributed by atoms with Crippen LogP contribution in [-0.4, -0.2) is 13.1 Å². The highest BCUT2D eigenvalue weighted by atomic mass is 35.5. The molecule has 0 atom stereocenters. The molecule has 5 heteroatoms. The van der Waals surface area contributed by atoms with Crippen LogP contribution in [0, 0.1) is 12.7 Å². The Hall–Kier alpha value is -2.07. The highest BCUT2D eigenvalue weighted by molar-refractivity contribution is 6.30. The van der Waals surface area contributed by atoms with E-state index in [1.807, 2.05) is 6.92 Å². The Bertz CT molecular complexity index is 673. The minimum Gasteiger partial charge on any atom is -0.465 e. The number of carbonyl (C=O) groups excluding carboxylic acids is 1. The van der Waals surface area contributed by atoms with Gasteiger partial charge in [-0.3, -0.25) is 0 Å². The van der Waals surface area contributed by atoms with Crippen molar-refractivity contribution in [2.24, 2.45) is 0 Å². The Labute approximate surface area is 127 Å². The van der Waals surface area contributed by atoms with Crippen molar-refractivity contribution in [3.05, 3.63) is 63.9 Å². The molecule has 0 bridgehead atoms.